The van der Waals surface area contributed by atoms with Gasteiger partial charge in [-0.15, -0.1) is 0 Å². The Bertz CT molecular complexity index is 897. The van der Waals surface area contributed by atoms with Crippen molar-refractivity contribution in [1.29, 1.82) is 5.26 Å². The number of anilines is 1. The molecule has 0 spiro atoms. The lowest BCUT2D eigenvalue weighted by atomic mass is 10.1. The lowest BCUT2D eigenvalue weighted by Crippen LogP contribution is -2.32. The van der Waals surface area contributed by atoms with E-state index >= 15 is 0 Å². The van der Waals surface area contributed by atoms with Crippen LogP contribution in [0.4, 0.5) is 15.0 Å². The third-order valence-electron chi connectivity index (χ3n) is 4.45. The van der Waals surface area contributed by atoms with Crippen LogP contribution in [0.15, 0.2) is 30.5 Å². The number of pyridine rings is 1. The highest BCUT2D eigenvalue weighted by atomic mass is 35.5. The molecule has 25 heavy (non-hydrogen) atoms. The number of halogens is 2. The zero-order valence-corrected chi connectivity index (χ0v) is 13.5. The highest BCUT2D eigenvalue weighted by Gasteiger charge is 2.57. The second kappa shape index (κ2) is 5.90. The topological polar surface area (TPSA) is 87.0 Å². The van der Waals surface area contributed by atoms with Gasteiger partial charge in [-0.3, -0.25) is 5.32 Å². The summed E-state index contributed by atoms with van der Waals surface area (Å²) < 4.78 is 19.3. The molecular formula is C17H12ClFN4O2. The lowest BCUT2D eigenvalue weighted by molar-refractivity contribution is 0.248. The average Bonchev–Trinajstić information content (AvgIpc) is 3.31. The number of hydrogen-bond donors (Lipinski definition) is 2. The van der Waals surface area contributed by atoms with Gasteiger partial charge in [-0.2, -0.15) is 5.26 Å². The lowest BCUT2D eigenvalue weighted by Gasteiger charge is -2.17. The quantitative estimate of drug-likeness (QED) is 0.863. The van der Waals surface area contributed by atoms with Crippen LogP contribution in [0.3, 0.4) is 0 Å². The van der Waals surface area contributed by atoms with E-state index < -0.39 is 11.8 Å². The smallest absolute Gasteiger partial charge is 0.320 e. The molecule has 8 heteroatoms. The van der Waals surface area contributed by atoms with Gasteiger partial charge >= 0.3 is 6.03 Å². The van der Waals surface area contributed by atoms with E-state index in [1.165, 1.54) is 18.3 Å². The molecule has 2 amide bonds. The molecule has 126 valence electrons. The van der Waals surface area contributed by atoms with Gasteiger partial charge in [0.15, 0.2) is 11.6 Å². The van der Waals surface area contributed by atoms with Crippen molar-refractivity contribution in [3.63, 3.8) is 0 Å². The maximum atomic E-state index is 13.9. The van der Waals surface area contributed by atoms with Crippen LogP contribution < -0.4 is 15.4 Å². The van der Waals surface area contributed by atoms with Crippen molar-refractivity contribution in [2.75, 3.05) is 11.9 Å². The Morgan fingerprint density at radius 1 is 1.40 bits per heavy atom. The number of aromatic nitrogens is 1. The van der Waals surface area contributed by atoms with Crippen LogP contribution in [-0.4, -0.2) is 23.7 Å². The highest BCUT2D eigenvalue weighted by molar-refractivity contribution is 6.31. The zero-order chi connectivity index (χ0) is 17.6. The van der Waals surface area contributed by atoms with E-state index in [9.17, 15) is 9.18 Å². The summed E-state index contributed by atoms with van der Waals surface area (Å²) in [4.78, 5) is 16.1. The summed E-state index contributed by atoms with van der Waals surface area (Å²) in [5, 5.41) is 14.6. The van der Waals surface area contributed by atoms with Gasteiger partial charge in [0.05, 0.1) is 12.2 Å². The molecule has 3 atom stereocenters. The van der Waals surface area contributed by atoms with Crippen LogP contribution in [0.2, 0.25) is 5.02 Å². The number of carbonyl (C=O) groups excluding carboxylic acids is 1. The molecule has 1 aliphatic carbocycles. The van der Waals surface area contributed by atoms with Gasteiger partial charge in [0.1, 0.15) is 11.9 Å². The highest BCUT2D eigenvalue weighted by Crippen LogP contribution is 2.56. The monoisotopic (exact) mass is 358 g/mol. The second-order valence-corrected chi connectivity index (χ2v) is 6.35. The van der Waals surface area contributed by atoms with Crippen LogP contribution in [0.5, 0.6) is 5.75 Å². The van der Waals surface area contributed by atoms with Gasteiger partial charge in [0.2, 0.25) is 0 Å². The second-order valence-electron chi connectivity index (χ2n) is 5.94. The minimum atomic E-state index is -0.449. The fraction of sp³-hybridized carbons (Fsp3) is 0.235. The Morgan fingerprint density at radius 2 is 2.24 bits per heavy atom. The number of urea groups is 1. The first-order valence-corrected chi connectivity index (χ1v) is 8.00. The first kappa shape index (κ1) is 15.7. The van der Waals surface area contributed by atoms with Crippen LogP contribution in [0, 0.1) is 23.1 Å². The van der Waals surface area contributed by atoms with Gasteiger partial charge in [-0.1, -0.05) is 11.6 Å². The van der Waals surface area contributed by atoms with Crippen molar-refractivity contribution in [1.82, 2.24) is 10.3 Å². The fourth-order valence-corrected chi connectivity index (χ4v) is 3.47. The molecule has 1 aromatic carbocycles. The number of nitrogens with one attached hydrogen (secondary N) is 2. The number of ether oxygens (including phenoxy) is 1. The number of hydrogen-bond acceptors (Lipinski definition) is 4. The first-order chi connectivity index (χ1) is 12.1. The molecule has 1 aliphatic heterocycles. The molecule has 2 aliphatic rings. The number of amides is 2. The Morgan fingerprint density at radius 3 is 2.96 bits per heavy atom. The normalized spacial score (nSPS) is 22.7. The molecule has 2 N–H and O–H groups in total. The molecule has 1 saturated carbocycles. The summed E-state index contributed by atoms with van der Waals surface area (Å²) in [6.07, 6.45) is 1.37. The van der Waals surface area contributed by atoms with Crippen molar-refractivity contribution in [2.24, 2.45) is 5.92 Å². The maximum Gasteiger partial charge on any atom is 0.320 e. The third-order valence-corrected chi connectivity index (χ3v) is 4.78. The van der Waals surface area contributed by atoms with E-state index in [1.54, 1.807) is 12.1 Å². The molecule has 4 rings (SSSR count). The summed E-state index contributed by atoms with van der Waals surface area (Å²) in [6, 6.07) is 7.23. The Kier molecular flexibility index (Phi) is 3.70. The van der Waals surface area contributed by atoms with Crippen molar-refractivity contribution in [3.8, 4) is 11.8 Å². The molecule has 3 unspecified atom stereocenters. The van der Waals surface area contributed by atoms with Crippen LogP contribution in [0.25, 0.3) is 0 Å². The number of carbonyl (C=O) groups is 1. The SMILES string of the molecule is N#Cc1ccc(NC(=O)NC2C3COc4c(F)ccc(Cl)c4C32)nc1. The van der Waals surface area contributed by atoms with E-state index in [4.69, 9.17) is 21.6 Å². The number of fused-ring (bicyclic) bond motifs is 3. The third kappa shape index (κ3) is 2.75. The molecule has 2 heterocycles. The van der Waals surface area contributed by atoms with Crippen LogP contribution in [-0.2, 0) is 0 Å². The predicted molar refractivity (Wildman–Crippen MR) is 88.0 cm³/mol. The Labute approximate surface area is 147 Å². The van der Waals surface area contributed by atoms with Gasteiger partial charge in [0, 0.05) is 34.7 Å². The van der Waals surface area contributed by atoms with Crippen molar-refractivity contribution >= 4 is 23.4 Å². The summed E-state index contributed by atoms with van der Waals surface area (Å²) in [5.41, 5.74) is 1.02. The molecule has 1 fully saturated rings. The summed E-state index contributed by atoms with van der Waals surface area (Å²) in [7, 11) is 0. The van der Waals surface area contributed by atoms with E-state index in [0.29, 0.717) is 28.6 Å². The number of rotatable bonds is 2. The van der Waals surface area contributed by atoms with Crippen molar-refractivity contribution in [2.45, 2.75) is 12.0 Å². The van der Waals surface area contributed by atoms with Crippen LogP contribution in [0.1, 0.15) is 17.0 Å². The molecular weight excluding hydrogens is 347 g/mol. The molecule has 0 bridgehead atoms. The predicted octanol–water partition coefficient (Wildman–Crippen LogP) is 3.04. The average molecular weight is 359 g/mol. The minimum Gasteiger partial charge on any atom is -0.490 e. The molecule has 0 saturated heterocycles. The molecule has 0 radical (unpaired) electrons. The van der Waals surface area contributed by atoms with Crippen molar-refractivity contribution in [3.05, 3.63) is 52.4 Å². The number of benzene rings is 1. The standard InChI is InChI=1S/C17H12ClFN4O2/c18-10-2-3-11(19)16-14(10)13-9(7-25-16)15(13)23-17(24)22-12-4-1-8(5-20)6-21-12/h1-4,6,9,13,15H,7H2,(H2,21,22,23,24). The molecule has 1 aromatic heterocycles. The van der Waals surface area contributed by atoms with Gasteiger partial charge < -0.3 is 10.1 Å². The number of nitrogens with zero attached hydrogens (tertiary/aromatic N) is 2. The van der Waals surface area contributed by atoms with E-state index in [1.807, 2.05) is 6.07 Å². The zero-order valence-electron chi connectivity index (χ0n) is 12.8. The summed E-state index contributed by atoms with van der Waals surface area (Å²) in [6.45, 7) is 0.328. The molecule has 2 aromatic rings. The number of nitriles is 1. The minimum absolute atomic E-state index is 0.0616. The maximum absolute atomic E-state index is 13.9. The van der Waals surface area contributed by atoms with E-state index in [-0.39, 0.29) is 23.6 Å². The fourth-order valence-electron chi connectivity index (χ4n) is 3.20. The Balaban J connectivity index is 1.45. The van der Waals surface area contributed by atoms with Crippen molar-refractivity contribution < 1.29 is 13.9 Å². The van der Waals surface area contributed by atoms with E-state index in [2.05, 4.69) is 15.6 Å². The molecule has 6 nitrogen and oxygen atoms in total. The van der Waals surface area contributed by atoms with Gasteiger partial charge in [-0.05, 0) is 24.3 Å². The van der Waals surface area contributed by atoms with Crippen LogP contribution >= 0.6 is 11.6 Å². The largest absolute Gasteiger partial charge is 0.490 e. The first-order valence-electron chi connectivity index (χ1n) is 7.63. The Hall–Kier alpha value is -2.85. The van der Waals surface area contributed by atoms with E-state index in [0.717, 1.165) is 0 Å². The van der Waals surface area contributed by atoms with Gasteiger partial charge in [0.25, 0.3) is 0 Å². The van der Waals surface area contributed by atoms with Gasteiger partial charge in [-0.25, -0.2) is 14.2 Å². The summed E-state index contributed by atoms with van der Waals surface area (Å²) in [5.74, 6) is 0.0564. The summed E-state index contributed by atoms with van der Waals surface area (Å²) >= 11 is 6.18.